The molecule has 0 spiro atoms. The highest BCUT2D eigenvalue weighted by Crippen LogP contribution is 2.15. The monoisotopic (exact) mass is 551 g/mol. The number of nitrogens with one attached hydrogen (secondary N) is 2. The van der Waals surface area contributed by atoms with E-state index in [0.29, 0.717) is 32.2 Å². The van der Waals surface area contributed by atoms with Crippen molar-refractivity contribution in [3.05, 3.63) is 11.6 Å². The summed E-state index contributed by atoms with van der Waals surface area (Å²) in [5, 5.41) is 15.1. The third-order valence-corrected chi connectivity index (χ3v) is 4.79. The zero-order valence-electron chi connectivity index (χ0n) is 19.6. The minimum absolute atomic E-state index is 0. The maximum Gasteiger partial charge on any atom is 0.410 e. The van der Waals surface area contributed by atoms with Crippen LogP contribution in [0.5, 0.6) is 0 Å². The highest BCUT2D eigenvalue weighted by molar-refractivity contribution is 14.0. The molecule has 10 nitrogen and oxygen atoms in total. The number of carbonyl (C=O) groups excluding carboxylic acids is 1. The van der Waals surface area contributed by atoms with Crippen LogP contribution >= 0.6 is 24.0 Å². The molecule has 2 N–H and O–H groups in total. The molecule has 1 aromatic rings. The predicted molar refractivity (Wildman–Crippen MR) is 131 cm³/mol. The second-order valence-corrected chi connectivity index (χ2v) is 8.57. The summed E-state index contributed by atoms with van der Waals surface area (Å²) in [6, 6.07) is 0.0983. The van der Waals surface area contributed by atoms with Crippen molar-refractivity contribution in [2.45, 2.75) is 65.1 Å². The number of aliphatic imine (C=N–C) groups is 1. The van der Waals surface area contributed by atoms with Gasteiger partial charge in [0.1, 0.15) is 18.0 Å². The molecule has 1 atom stereocenters. The van der Waals surface area contributed by atoms with E-state index in [9.17, 15) is 4.79 Å². The Hall–Kier alpha value is -1.63. The Morgan fingerprint density at radius 2 is 2.06 bits per heavy atom. The first-order chi connectivity index (χ1) is 14.2. The molecule has 31 heavy (non-hydrogen) atoms. The zero-order chi connectivity index (χ0) is 22.1. The SMILES string of the molecule is COCCCNC(=NCc1nnc(C)n1C)NC1CCCN(C(=O)OC(C)(C)C)C1.I. The van der Waals surface area contributed by atoms with Crippen LogP contribution in [0.1, 0.15) is 51.7 Å². The Labute approximate surface area is 202 Å². The molecule has 178 valence electrons. The van der Waals surface area contributed by atoms with Crippen molar-refractivity contribution < 1.29 is 14.3 Å². The first-order valence-electron chi connectivity index (χ1n) is 10.6. The van der Waals surface area contributed by atoms with Crippen LogP contribution in [0.15, 0.2) is 4.99 Å². The topological polar surface area (TPSA) is 106 Å². The number of likely N-dealkylation sites (tertiary alicyclic amines) is 1. The van der Waals surface area contributed by atoms with Gasteiger partial charge in [0.25, 0.3) is 0 Å². The maximum absolute atomic E-state index is 12.4. The molecular weight excluding hydrogens is 513 g/mol. The van der Waals surface area contributed by atoms with Crippen LogP contribution in [0.4, 0.5) is 4.79 Å². The molecule has 2 rings (SSSR count). The molecule has 1 aliphatic rings. The van der Waals surface area contributed by atoms with Gasteiger partial charge in [-0.1, -0.05) is 0 Å². The fourth-order valence-electron chi connectivity index (χ4n) is 3.09. The maximum atomic E-state index is 12.4. The predicted octanol–water partition coefficient (Wildman–Crippen LogP) is 2.21. The number of piperidine rings is 1. The van der Waals surface area contributed by atoms with Crippen LogP contribution < -0.4 is 10.6 Å². The zero-order valence-corrected chi connectivity index (χ0v) is 21.9. The molecule has 0 radical (unpaired) electrons. The molecule has 1 unspecified atom stereocenters. The van der Waals surface area contributed by atoms with Crippen LogP contribution in [0.3, 0.4) is 0 Å². The number of aromatic nitrogens is 3. The minimum atomic E-state index is -0.499. The lowest BCUT2D eigenvalue weighted by Gasteiger charge is -2.35. The van der Waals surface area contributed by atoms with Crippen molar-refractivity contribution in [1.29, 1.82) is 0 Å². The number of carbonyl (C=O) groups is 1. The van der Waals surface area contributed by atoms with Gasteiger partial charge in [-0.05, 0) is 47.0 Å². The van der Waals surface area contributed by atoms with E-state index in [1.54, 1.807) is 12.0 Å². The summed E-state index contributed by atoms with van der Waals surface area (Å²) in [6.45, 7) is 10.7. The quantitative estimate of drug-likeness (QED) is 0.232. The fourth-order valence-corrected chi connectivity index (χ4v) is 3.09. The van der Waals surface area contributed by atoms with Crippen LogP contribution in [-0.4, -0.2) is 76.7 Å². The first-order valence-corrected chi connectivity index (χ1v) is 10.6. The smallest absolute Gasteiger partial charge is 0.410 e. The molecule has 1 aromatic heterocycles. The second-order valence-electron chi connectivity index (χ2n) is 8.57. The van der Waals surface area contributed by atoms with Gasteiger partial charge in [0.2, 0.25) is 0 Å². The van der Waals surface area contributed by atoms with Crippen molar-refractivity contribution in [2.24, 2.45) is 12.0 Å². The van der Waals surface area contributed by atoms with E-state index in [2.05, 4.69) is 25.8 Å². The molecule has 2 heterocycles. The van der Waals surface area contributed by atoms with E-state index in [1.165, 1.54) is 0 Å². The molecule has 1 fully saturated rings. The Kier molecular flexibility index (Phi) is 11.5. The minimum Gasteiger partial charge on any atom is -0.444 e. The lowest BCUT2D eigenvalue weighted by molar-refractivity contribution is 0.0193. The molecule has 0 saturated carbocycles. The van der Waals surface area contributed by atoms with E-state index in [1.807, 2.05) is 39.3 Å². The standard InChI is InChI=1S/C20H37N7O3.HI/c1-15-24-25-17(26(15)5)13-22-18(21-10-8-12-29-6)23-16-9-7-11-27(14-16)19(28)30-20(2,3)4;/h16H,7-14H2,1-6H3,(H2,21,22,23);1H. The van der Waals surface area contributed by atoms with E-state index < -0.39 is 5.60 Å². The van der Waals surface area contributed by atoms with E-state index >= 15 is 0 Å². The normalized spacial score (nSPS) is 17.2. The van der Waals surface area contributed by atoms with Gasteiger partial charge in [-0.2, -0.15) is 0 Å². The number of rotatable bonds is 7. The fraction of sp³-hybridized carbons (Fsp3) is 0.800. The molecule has 1 amide bonds. The Morgan fingerprint density at radius 1 is 1.32 bits per heavy atom. The highest BCUT2D eigenvalue weighted by atomic mass is 127. The van der Waals surface area contributed by atoms with Crippen molar-refractivity contribution in [2.75, 3.05) is 33.4 Å². The third-order valence-electron chi connectivity index (χ3n) is 4.79. The Morgan fingerprint density at radius 3 is 2.68 bits per heavy atom. The number of halogens is 1. The van der Waals surface area contributed by atoms with Crippen LogP contribution in [0.25, 0.3) is 0 Å². The largest absolute Gasteiger partial charge is 0.444 e. The van der Waals surface area contributed by atoms with Gasteiger partial charge in [-0.15, -0.1) is 34.2 Å². The van der Waals surface area contributed by atoms with Gasteiger partial charge in [-0.25, -0.2) is 9.79 Å². The van der Waals surface area contributed by atoms with Crippen molar-refractivity contribution in [3.63, 3.8) is 0 Å². The summed E-state index contributed by atoms with van der Waals surface area (Å²) in [6.07, 6.45) is 2.47. The summed E-state index contributed by atoms with van der Waals surface area (Å²) >= 11 is 0. The molecule has 1 aliphatic heterocycles. The lowest BCUT2D eigenvalue weighted by atomic mass is 10.1. The summed E-state index contributed by atoms with van der Waals surface area (Å²) < 4.78 is 12.6. The van der Waals surface area contributed by atoms with Gasteiger partial charge in [0.15, 0.2) is 11.8 Å². The average Bonchev–Trinajstić information content (AvgIpc) is 3.00. The number of nitrogens with zero attached hydrogens (tertiary/aromatic N) is 5. The van der Waals surface area contributed by atoms with E-state index in [4.69, 9.17) is 9.47 Å². The molecule has 1 saturated heterocycles. The first kappa shape index (κ1) is 27.4. The summed E-state index contributed by atoms with van der Waals surface area (Å²) in [7, 11) is 3.62. The van der Waals surface area contributed by atoms with Gasteiger partial charge in [-0.3, -0.25) is 0 Å². The summed E-state index contributed by atoms with van der Waals surface area (Å²) in [5.41, 5.74) is -0.499. The molecular formula is C20H38IN7O3. The number of methoxy groups -OCH3 is 1. The third kappa shape index (κ3) is 9.58. The summed E-state index contributed by atoms with van der Waals surface area (Å²) in [4.78, 5) is 18.9. The Bertz CT molecular complexity index is 718. The van der Waals surface area contributed by atoms with E-state index in [-0.39, 0.29) is 36.1 Å². The van der Waals surface area contributed by atoms with E-state index in [0.717, 1.165) is 37.5 Å². The number of ether oxygens (including phenoxy) is 2. The van der Waals surface area contributed by atoms with Gasteiger partial charge >= 0.3 is 6.09 Å². The molecule has 11 heteroatoms. The summed E-state index contributed by atoms with van der Waals surface area (Å²) in [5.74, 6) is 2.34. The number of hydrogen-bond acceptors (Lipinski definition) is 6. The van der Waals surface area contributed by atoms with Crippen molar-refractivity contribution in [3.8, 4) is 0 Å². The molecule has 0 aliphatic carbocycles. The number of guanidine groups is 1. The number of aryl methyl sites for hydroxylation is 1. The van der Waals surface area contributed by atoms with Crippen LogP contribution in [0, 0.1) is 6.92 Å². The van der Waals surface area contributed by atoms with Crippen molar-refractivity contribution in [1.82, 2.24) is 30.3 Å². The molecule has 0 bridgehead atoms. The second kappa shape index (κ2) is 13.0. The average molecular weight is 551 g/mol. The van der Waals surface area contributed by atoms with Crippen LogP contribution in [0.2, 0.25) is 0 Å². The number of amides is 1. The highest BCUT2D eigenvalue weighted by Gasteiger charge is 2.28. The Balaban J connectivity index is 0.00000480. The van der Waals surface area contributed by atoms with Crippen molar-refractivity contribution >= 4 is 36.0 Å². The lowest BCUT2D eigenvalue weighted by Crippen LogP contribution is -2.53. The van der Waals surface area contributed by atoms with Gasteiger partial charge in [0, 0.05) is 46.4 Å². The van der Waals surface area contributed by atoms with Gasteiger partial charge < -0.3 is 29.6 Å². The van der Waals surface area contributed by atoms with Gasteiger partial charge in [0.05, 0.1) is 0 Å². The number of hydrogen-bond donors (Lipinski definition) is 2. The molecule has 0 aromatic carbocycles. The van der Waals surface area contributed by atoms with Crippen LogP contribution in [-0.2, 0) is 23.1 Å².